The number of fused-ring (bicyclic) bond motifs is 1. The zero-order chi connectivity index (χ0) is 23.2. The maximum atomic E-state index is 15.8. The van der Waals surface area contributed by atoms with E-state index < -0.39 is 51.1 Å². The van der Waals surface area contributed by atoms with Crippen LogP contribution < -0.4 is 10.3 Å². The minimum atomic E-state index is -1.64. The smallest absolute Gasteiger partial charge is 0.341 e. The highest BCUT2D eigenvalue weighted by molar-refractivity contribution is 7.98. The Morgan fingerprint density at radius 1 is 1.19 bits per heavy atom. The summed E-state index contributed by atoms with van der Waals surface area (Å²) in [6.45, 7) is 0.801. The fraction of sp³-hybridized carbons (Fsp3) is 0.273. The lowest BCUT2D eigenvalue weighted by Gasteiger charge is -2.22. The molecule has 1 atom stereocenters. The van der Waals surface area contributed by atoms with Gasteiger partial charge in [-0.05, 0) is 42.5 Å². The molecule has 1 N–H and O–H groups in total. The van der Waals surface area contributed by atoms with Crippen LogP contribution in [0.2, 0.25) is 0 Å². The molecule has 5 nitrogen and oxygen atoms in total. The highest BCUT2D eigenvalue weighted by Crippen LogP contribution is 2.35. The Morgan fingerprint density at radius 3 is 2.59 bits per heavy atom. The van der Waals surface area contributed by atoms with Crippen LogP contribution in [0, 0.1) is 29.2 Å². The SMILES string of the molecule is CSCC1CCN(c2c(F)cc3c(=O)c(C(=O)O)cn(-c4ccc(F)cc4F)c3c2F)C1. The number of pyridine rings is 1. The van der Waals surface area contributed by atoms with Crippen molar-refractivity contribution in [2.24, 2.45) is 5.92 Å². The number of hydrogen-bond acceptors (Lipinski definition) is 4. The lowest BCUT2D eigenvalue weighted by atomic mass is 10.1. The summed E-state index contributed by atoms with van der Waals surface area (Å²) in [6.07, 6.45) is 3.44. The van der Waals surface area contributed by atoms with Crippen molar-refractivity contribution >= 4 is 34.3 Å². The number of anilines is 1. The molecule has 3 aromatic rings. The van der Waals surface area contributed by atoms with Crippen LogP contribution in [0.25, 0.3) is 16.6 Å². The van der Waals surface area contributed by atoms with Gasteiger partial charge in [0.05, 0.1) is 16.6 Å². The Morgan fingerprint density at radius 2 is 1.94 bits per heavy atom. The molecule has 1 aliphatic rings. The average Bonchev–Trinajstić information content (AvgIpc) is 3.17. The number of carboxylic acid groups (broad SMARTS) is 1. The molecular formula is C22H18F4N2O3S. The fourth-order valence-corrected chi connectivity index (χ4v) is 4.86. The maximum absolute atomic E-state index is 15.8. The van der Waals surface area contributed by atoms with Crippen molar-refractivity contribution < 1.29 is 27.5 Å². The van der Waals surface area contributed by atoms with Crippen LogP contribution >= 0.6 is 11.8 Å². The van der Waals surface area contributed by atoms with Crippen molar-refractivity contribution in [3.05, 3.63) is 69.5 Å². The van der Waals surface area contributed by atoms with Gasteiger partial charge in [0.25, 0.3) is 0 Å². The van der Waals surface area contributed by atoms with Crippen molar-refractivity contribution in [1.82, 2.24) is 4.57 Å². The molecule has 0 spiro atoms. The first-order valence-electron chi connectivity index (χ1n) is 9.72. The van der Waals surface area contributed by atoms with E-state index in [2.05, 4.69) is 0 Å². The molecule has 1 fully saturated rings. The van der Waals surface area contributed by atoms with Crippen LogP contribution in [-0.4, -0.2) is 40.7 Å². The van der Waals surface area contributed by atoms with Gasteiger partial charge in [-0.25, -0.2) is 22.4 Å². The predicted molar refractivity (Wildman–Crippen MR) is 115 cm³/mol. The van der Waals surface area contributed by atoms with E-state index in [1.165, 1.54) is 4.90 Å². The summed E-state index contributed by atoms with van der Waals surface area (Å²) in [6, 6.07) is 3.24. The number of halogens is 4. The minimum absolute atomic E-state index is 0.227. The van der Waals surface area contributed by atoms with Gasteiger partial charge in [0.2, 0.25) is 5.43 Å². The van der Waals surface area contributed by atoms with Gasteiger partial charge >= 0.3 is 5.97 Å². The van der Waals surface area contributed by atoms with E-state index in [1.807, 2.05) is 6.26 Å². The zero-order valence-corrected chi connectivity index (χ0v) is 17.7. The van der Waals surface area contributed by atoms with Crippen LogP contribution in [-0.2, 0) is 0 Å². The highest BCUT2D eigenvalue weighted by atomic mass is 32.2. The second-order valence-corrected chi connectivity index (χ2v) is 8.53. The lowest BCUT2D eigenvalue weighted by Crippen LogP contribution is -2.25. The van der Waals surface area contributed by atoms with Gasteiger partial charge in [-0.3, -0.25) is 4.79 Å². The number of carbonyl (C=O) groups is 1. The van der Waals surface area contributed by atoms with E-state index in [1.54, 1.807) is 11.8 Å². The molecule has 1 saturated heterocycles. The van der Waals surface area contributed by atoms with Gasteiger partial charge in [0, 0.05) is 25.4 Å². The minimum Gasteiger partial charge on any atom is -0.477 e. The second kappa shape index (κ2) is 8.50. The maximum Gasteiger partial charge on any atom is 0.341 e. The van der Waals surface area contributed by atoms with E-state index in [9.17, 15) is 23.5 Å². The third-order valence-corrected chi connectivity index (χ3v) is 6.37. The molecule has 0 aliphatic carbocycles. The Labute approximate surface area is 184 Å². The van der Waals surface area contributed by atoms with Gasteiger partial charge in [-0.2, -0.15) is 11.8 Å². The van der Waals surface area contributed by atoms with E-state index in [0.717, 1.165) is 41.1 Å². The summed E-state index contributed by atoms with van der Waals surface area (Å²) in [5.41, 5.74) is -3.11. The average molecular weight is 466 g/mol. The fourth-order valence-electron chi connectivity index (χ4n) is 4.12. The number of nitrogens with zero attached hydrogens (tertiary/aromatic N) is 2. The Balaban J connectivity index is 2.03. The summed E-state index contributed by atoms with van der Waals surface area (Å²) < 4.78 is 59.6. The van der Waals surface area contributed by atoms with Crippen LogP contribution in [0.15, 0.2) is 35.3 Å². The summed E-state index contributed by atoms with van der Waals surface area (Å²) in [5.74, 6) is -4.70. The van der Waals surface area contributed by atoms with E-state index in [0.29, 0.717) is 19.2 Å². The third kappa shape index (κ3) is 3.72. The molecule has 1 unspecified atom stereocenters. The largest absolute Gasteiger partial charge is 0.477 e. The normalized spacial score (nSPS) is 16.2. The van der Waals surface area contributed by atoms with Gasteiger partial charge in [-0.15, -0.1) is 0 Å². The summed E-state index contributed by atoms with van der Waals surface area (Å²) in [7, 11) is 0. The molecular weight excluding hydrogens is 448 g/mol. The lowest BCUT2D eigenvalue weighted by molar-refractivity contribution is 0.0695. The number of rotatable bonds is 5. The summed E-state index contributed by atoms with van der Waals surface area (Å²) >= 11 is 1.63. The van der Waals surface area contributed by atoms with Gasteiger partial charge in [0.15, 0.2) is 5.82 Å². The molecule has 4 rings (SSSR count). The zero-order valence-electron chi connectivity index (χ0n) is 16.9. The van der Waals surface area contributed by atoms with Gasteiger partial charge in [0.1, 0.15) is 28.7 Å². The molecule has 1 aromatic heterocycles. The number of aromatic nitrogens is 1. The molecule has 0 bridgehead atoms. The number of aromatic carboxylic acids is 1. The highest BCUT2D eigenvalue weighted by Gasteiger charge is 2.30. The van der Waals surface area contributed by atoms with Crippen LogP contribution in [0.3, 0.4) is 0 Å². The topological polar surface area (TPSA) is 62.5 Å². The second-order valence-electron chi connectivity index (χ2n) is 7.62. The number of carboxylic acids is 1. The first-order chi connectivity index (χ1) is 15.2. The summed E-state index contributed by atoms with van der Waals surface area (Å²) in [5, 5.41) is 8.84. The van der Waals surface area contributed by atoms with Crippen molar-refractivity contribution in [1.29, 1.82) is 0 Å². The van der Waals surface area contributed by atoms with Crippen molar-refractivity contribution in [3.63, 3.8) is 0 Å². The molecule has 0 radical (unpaired) electrons. The third-order valence-electron chi connectivity index (χ3n) is 5.56. The Bertz CT molecular complexity index is 1290. The van der Waals surface area contributed by atoms with Crippen LogP contribution in [0.1, 0.15) is 16.8 Å². The van der Waals surface area contributed by atoms with Crippen LogP contribution in [0.5, 0.6) is 0 Å². The number of benzene rings is 2. The molecule has 2 aromatic carbocycles. The molecule has 10 heteroatoms. The molecule has 0 saturated carbocycles. The van der Waals surface area contributed by atoms with Crippen molar-refractivity contribution in [3.8, 4) is 5.69 Å². The van der Waals surface area contributed by atoms with Crippen LogP contribution in [0.4, 0.5) is 23.2 Å². The van der Waals surface area contributed by atoms with Gasteiger partial charge < -0.3 is 14.6 Å². The van der Waals surface area contributed by atoms with Crippen molar-refractivity contribution in [2.45, 2.75) is 6.42 Å². The van der Waals surface area contributed by atoms with Gasteiger partial charge in [-0.1, -0.05) is 0 Å². The predicted octanol–water partition coefficient (Wildman–Crippen LogP) is 4.43. The molecule has 2 heterocycles. The first kappa shape index (κ1) is 22.2. The molecule has 32 heavy (non-hydrogen) atoms. The number of thioether (sulfide) groups is 1. The van der Waals surface area contributed by atoms with E-state index in [-0.39, 0.29) is 17.3 Å². The molecule has 168 valence electrons. The molecule has 1 aliphatic heterocycles. The number of hydrogen-bond donors (Lipinski definition) is 1. The monoisotopic (exact) mass is 466 g/mol. The van der Waals surface area contributed by atoms with E-state index in [4.69, 9.17) is 0 Å². The first-order valence-corrected chi connectivity index (χ1v) is 11.1. The van der Waals surface area contributed by atoms with E-state index >= 15 is 8.78 Å². The Kier molecular flexibility index (Phi) is 5.89. The quantitative estimate of drug-likeness (QED) is 0.564. The summed E-state index contributed by atoms with van der Waals surface area (Å²) in [4.78, 5) is 25.8. The molecule has 0 amide bonds. The standard InChI is InChI=1S/C22H18F4N2O3S/c1-32-10-11-4-5-27(8-11)20-16(25)7-13-19(18(20)26)28(9-14(21(13)29)22(30)31)17-3-2-12(23)6-15(17)24/h2-3,6-7,9,11H,4-5,8,10H2,1H3,(H,30,31). The van der Waals surface area contributed by atoms with Crippen molar-refractivity contribution in [2.75, 3.05) is 30.0 Å². The Hall–Kier alpha value is -3.01.